The third kappa shape index (κ3) is 4.32. The minimum atomic E-state index is 0.642. The summed E-state index contributed by atoms with van der Waals surface area (Å²) in [4.78, 5) is 0. The van der Waals surface area contributed by atoms with Crippen molar-refractivity contribution in [2.45, 2.75) is 0 Å². The molecule has 0 heterocycles. The van der Waals surface area contributed by atoms with Crippen molar-refractivity contribution < 1.29 is 0 Å². The van der Waals surface area contributed by atoms with Crippen LogP contribution < -0.4 is 11.3 Å². The summed E-state index contributed by atoms with van der Waals surface area (Å²) in [6.07, 6.45) is 1.68. The van der Waals surface area contributed by atoms with Crippen molar-refractivity contribution >= 4 is 29.1 Å². The fraction of sp³-hybridized carbons (Fsp3) is 0.500. The Balaban J connectivity index is 2.66. The van der Waals surface area contributed by atoms with Gasteiger partial charge in [0.05, 0.1) is 22.9 Å². The second kappa shape index (κ2) is 5.32. The zero-order valence-corrected chi connectivity index (χ0v) is 5.34. The highest BCUT2D eigenvalue weighted by molar-refractivity contribution is 14.1. The number of hydrogen-bond donors (Lipinski definition) is 2. The first-order valence-electron chi connectivity index (χ1n) is 1.48. The first-order valence-corrected chi connectivity index (χ1v) is 2.44. The van der Waals surface area contributed by atoms with E-state index in [9.17, 15) is 0 Å². The number of nitrogens with one attached hydrogen (secondary N) is 1. The van der Waals surface area contributed by atoms with Gasteiger partial charge in [0.25, 0.3) is 0 Å². The first-order chi connectivity index (χ1) is 2.91. The van der Waals surface area contributed by atoms with Gasteiger partial charge in [0.2, 0.25) is 0 Å². The second-order valence-electron chi connectivity index (χ2n) is 0.688. The molecule has 0 aromatic rings. The molecule has 36 valence electrons. The number of nitrogens with two attached hydrogens (primary N) is 1. The van der Waals surface area contributed by atoms with Crippen molar-refractivity contribution in [1.29, 1.82) is 0 Å². The predicted octanol–water partition coefficient (Wildman–Crippen LogP) is -0.129. The Hall–Kier alpha value is 0.320. The van der Waals surface area contributed by atoms with Crippen molar-refractivity contribution in [1.82, 2.24) is 5.43 Å². The first kappa shape index (κ1) is 6.32. The molecule has 0 aliphatic heterocycles. The summed E-state index contributed by atoms with van der Waals surface area (Å²) in [5, 5.41) is 0. The number of halogens is 1. The Morgan fingerprint density at radius 3 is 2.83 bits per heavy atom. The molecule has 6 heavy (non-hydrogen) atoms. The van der Waals surface area contributed by atoms with Gasteiger partial charge in [-0.2, -0.15) is 0 Å². The highest BCUT2D eigenvalue weighted by Crippen LogP contribution is 1.74. The van der Waals surface area contributed by atoms with E-state index < -0.39 is 0 Å². The number of rotatable bonds is 2. The number of nitrogens with zero attached hydrogens (tertiary/aromatic N) is 1. The summed E-state index contributed by atoms with van der Waals surface area (Å²) in [7, 11) is 0. The van der Waals surface area contributed by atoms with Crippen molar-refractivity contribution in [3.8, 4) is 0 Å². The van der Waals surface area contributed by atoms with Gasteiger partial charge in [-0.1, -0.05) is 0 Å². The Morgan fingerprint density at radius 2 is 2.67 bits per heavy atom. The summed E-state index contributed by atoms with van der Waals surface area (Å²) in [5.74, 6) is 4.87. The Labute approximate surface area is 50.5 Å². The monoisotopic (exact) mass is 199 g/mol. The molecule has 3 N–H and O–H groups in total. The maximum Gasteiger partial charge on any atom is 0.0827 e. The van der Waals surface area contributed by atoms with Gasteiger partial charge < -0.3 is 0 Å². The lowest BCUT2D eigenvalue weighted by Gasteiger charge is -1.80. The molecule has 0 aliphatic carbocycles. The fourth-order valence-electron chi connectivity index (χ4n) is 0.0872. The van der Waals surface area contributed by atoms with E-state index in [1.54, 1.807) is 6.21 Å². The largest absolute Gasteiger partial charge is 0.271 e. The van der Waals surface area contributed by atoms with Crippen molar-refractivity contribution in [2.75, 3.05) is 6.54 Å². The van der Waals surface area contributed by atoms with Crippen LogP contribution in [0.4, 0.5) is 0 Å². The molecule has 0 spiro atoms. The minimum absolute atomic E-state index is 0.642. The highest BCUT2D eigenvalue weighted by Gasteiger charge is 1.63. The Morgan fingerprint density at radius 1 is 2.00 bits per heavy atom. The third-order valence-electron chi connectivity index (χ3n) is 0.278. The smallest absolute Gasteiger partial charge is 0.0827 e. The van der Waals surface area contributed by atoms with Crippen LogP contribution in [0.1, 0.15) is 0 Å². The maximum absolute atomic E-state index is 4.87. The van der Waals surface area contributed by atoms with Gasteiger partial charge in [-0.05, 0) is 0 Å². The summed E-state index contributed by atoms with van der Waals surface area (Å²) in [6.45, 7) is 0.642. The van der Waals surface area contributed by atoms with Crippen LogP contribution in [0.25, 0.3) is 0 Å². The van der Waals surface area contributed by atoms with Crippen LogP contribution >= 0.6 is 22.9 Å². The molecule has 0 fully saturated rings. The van der Waals surface area contributed by atoms with Crippen LogP contribution in [0.2, 0.25) is 0 Å². The van der Waals surface area contributed by atoms with Gasteiger partial charge in [0, 0.05) is 12.8 Å². The Kier molecular flexibility index (Phi) is 5.60. The van der Waals surface area contributed by atoms with Crippen molar-refractivity contribution in [2.24, 2.45) is 9.05 Å². The average molecular weight is 199 g/mol. The molecule has 4 heteroatoms. The van der Waals surface area contributed by atoms with E-state index in [-0.39, 0.29) is 0 Å². The molecular formula is C2H6IN3. The van der Waals surface area contributed by atoms with Crippen molar-refractivity contribution in [3.05, 3.63) is 0 Å². The van der Waals surface area contributed by atoms with Crippen LogP contribution in [-0.4, -0.2) is 12.8 Å². The lowest BCUT2D eigenvalue weighted by atomic mass is 10.8. The van der Waals surface area contributed by atoms with Crippen LogP contribution in [0.3, 0.4) is 0 Å². The molecule has 0 bridgehead atoms. The van der Waals surface area contributed by atoms with Crippen LogP contribution in [-0.2, 0) is 0 Å². The zero-order valence-electron chi connectivity index (χ0n) is 3.19. The van der Waals surface area contributed by atoms with Gasteiger partial charge in [-0.25, -0.2) is 3.21 Å². The zero-order chi connectivity index (χ0) is 4.83. The summed E-state index contributed by atoms with van der Waals surface area (Å²) in [5.41, 5.74) is 2.41. The molecule has 0 rings (SSSR count). The molecule has 0 aromatic carbocycles. The van der Waals surface area contributed by atoms with Gasteiger partial charge in [-0.3, -0.25) is 11.3 Å². The minimum Gasteiger partial charge on any atom is -0.271 e. The van der Waals surface area contributed by atoms with Crippen molar-refractivity contribution in [3.63, 3.8) is 0 Å². The van der Waals surface area contributed by atoms with E-state index in [1.807, 2.05) is 22.9 Å². The topological polar surface area (TPSA) is 50.4 Å². The van der Waals surface area contributed by atoms with Crippen LogP contribution in [0.5, 0.6) is 0 Å². The van der Waals surface area contributed by atoms with Gasteiger partial charge in [0.1, 0.15) is 0 Å². The lowest BCUT2D eigenvalue weighted by molar-refractivity contribution is 0.853. The van der Waals surface area contributed by atoms with E-state index in [0.717, 1.165) is 0 Å². The van der Waals surface area contributed by atoms with E-state index >= 15 is 0 Å². The maximum atomic E-state index is 4.87. The molecule has 3 nitrogen and oxygen atoms in total. The number of hydrazine groups is 1. The summed E-state index contributed by atoms with van der Waals surface area (Å²) < 4.78 is 3.63. The Bertz CT molecular complexity index is 44.1. The molecule has 0 aromatic heterocycles. The lowest BCUT2D eigenvalue weighted by Crippen LogP contribution is -2.23. The fourth-order valence-corrected chi connectivity index (χ4v) is 0.284. The van der Waals surface area contributed by atoms with Gasteiger partial charge in [0.15, 0.2) is 0 Å². The molecule has 0 aliphatic rings. The van der Waals surface area contributed by atoms with E-state index in [2.05, 4.69) is 8.63 Å². The molecule has 0 radical (unpaired) electrons. The van der Waals surface area contributed by atoms with Crippen LogP contribution in [0, 0.1) is 0 Å². The predicted molar refractivity (Wildman–Crippen MR) is 34.7 cm³/mol. The molecular weight excluding hydrogens is 193 g/mol. The standard InChI is InChI=1S/C2H6IN3/c3-5-1-2-6-4/h1,6H,2,4H2. The second-order valence-corrected chi connectivity index (χ2v) is 1.25. The number of hydrogen-bond acceptors (Lipinski definition) is 3. The average Bonchev–Trinajstić information content (AvgIpc) is 1.61. The molecule has 0 unspecified atom stereocenters. The summed E-state index contributed by atoms with van der Waals surface area (Å²) >= 11 is 1.88. The van der Waals surface area contributed by atoms with E-state index in [1.165, 1.54) is 0 Å². The molecule has 0 atom stereocenters. The normalized spacial score (nSPS) is 10.3. The molecule has 0 saturated heterocycles. The van der Waals surface area contributed by atoms with Gasteiger partial charge in [-0.15, -0.1) is 0 Å². The van der Waals surface area contributed by atoms with Crippen LogP contribution in [0.15, 0.2) is 3.21 Å². The highest BCUT2D eigenvalue weighted by atomic mass is 127. The van der Waals surface area contributed by atoms with E-state index in [0.29, 0.717) is 6.54 Å². The third-order valence-corrected chi connectivity index (χ3v) is 0.672. The van der Waals surface area contributed by atoms with E-state index in [4.69, 9.17) is 5.84 Å². The van der Waals surface area contributed by atoms with Gasteiger partial charge >= 0.3 is 0 Å². The SMILES string of the molecule is NNCC=NI. The molecule has 0 saturated carbocycles. The quantitative estimate of drug-likeness (QED) is 0.281. The summed E-state index contributed by atoms with van der Waals surface area (Å²) in [6, 6.07) is 0. The molecule has 0 amide bonds.